The average Bonchev–Trinajstić information content (AvgIpc) is 2.64. The number of carbonyl (C=O) groups excluding carboxylic acids is 1. The fraction of sp³-hybridized carbons (Fsp3) is 0.455. The third-order valence-electron chi connectivity index (χ3n) is 1.91. The van der Waals surface area contributed by atoms with Crippen molar-refractivity contribution in [2.24, 2.45) is 5.41 Å². The monoisotopic (exact) mass is 222 g/mol. The smallest absolute Gasteiger partial charge is 0.226 e. The zero-order valence-corrected chi connectivity index (χ0v) is 9.89. The van der Waals surface area contributed by atoms with Crippen molar-refractivity contribution in [1.82, 2.24) is 5.32 Å². The lowest BCUT2D eigenvalue weighted by Gasteiger charge is -2.19. The number of nitrogens with one attached hydrogen (secondary N) is 1. The van der Waals surface area contributed by atoms with E-state index >= 15 is 0 Å². The lowest BCUT2D eigenvalue weighted by atomic mass is 9.95. The molecule has 0 bridgehead atoms. The van der Waals surface area contributed by atoms with Crippen molar-refractivity contribution < 1.29 is 4.79 Å². The van der Waals surface area contributed by atoms with E-state index in [9.17, 15) is 4.79 Å². The van der Waals surface area contributed by atoms with Crippen LogP contribution in [0.3, 0.4) is 0 Å². The van der Waals surface area contributed by atoms with Crippen LogP contribution < -0.4 is 5.32 Å². The van der Waals surface area contributed by atoms with Gasteiger partial charge in [-0.3, -0.25) is 4.79 Å². The number of rotatable bonds is 2. The summed E-state index contributed by atoms with van der Waals surface area (Å²) in [5, 5.41) is 13.6. The number of carbonyl (C=O) groups is 1. The molecule has 3 nitrogen and oxygen atoms in total. The van der Waals surface area contributed by atoms with Gasteiger partial charge in [0.1, 0.15) is 0 Å². The molecule has 0 fully saturated rings. The van der Waals surface area contributed by atoms with Gasteiger partial charge in [0.2, 0.25) is 5.91 Å². The first-order valence-corrected chi connectivity index (χ1v) is 5.57. The molecule has 1 atom stereocenters. The van der Waals surface area contributed by atoms with Gasteiger partial charge in [0.05, 0.1) is 6.07 Å². The van der Waals surface area contributed by atoms with E-state index in [0.29, 0.717) is 0 Å². The average molecular weight is 222 g/mol. The van der Waals surface area contributed by atoms with Crippen molar-refractivity contribution in [3.05, 3.63) is 22.4 Å². The van der Waals surface area contributed by atoms with Crippen LogP contribution in [0.5, 0.6) is 0 Å². The van der Waals surface area contributed by atoms with E-state index in [0.717, 1.165) is 4.88 Å². The number of hydrogen-bond donors (Lipinski definition) is 1. The van der Waals surface area contributed by atoms with E-state index in [2.05, 4.69) is 11.4 Å². The molecule has 0 radical (unpaired) electrons. The molecular weight excluding hydrogens is 208 g/mol. The molecule has 1 aromatic heterocycles. The lowest BCUT2D eigenvalue weighted by molar-refractivity contribution is -0.128. The molecule has 0 spiro atoms. The SMILES string of the molecule is CC(C)(C)C(=O)NC(C#N)c1cccs1. The molecule has 1 heterocycles. The van der Waals surface area contributed by atoms with E-state index in [1.54, 1.807) is 0 Å². The van der Waals surface area contributed by atoms with Gasteiger partial charge in [-0.15, -0.1) is 11.3 Å². The van der Waals surface area contributed by atoms with Crippen LogP contribution in [0, 0.1) is 16.7 Å². The normalized spacial score (nSPS) is 12.9. The fourth-order valence-electron chi connectivity index (χ4n) is 0.970. The highest BCUT2D eigenvalue weighted by Gasteiger charge is 2.24. The quantitative estimate of drug-likeness (QED) is 0.835. The van der Waals surface area contributed by atoms with Crippen LogP contribution in [-0.2, 0) is 4.79 Å². The molecular formula is C11H14N2OS. The summed E-state index contributed by atoms with van der Waals surface area (Å²) < 4.78 is 0. The Kier molecular flexibility index (Phi) is 3.48. The highest BCUT2D eigenvalue weighted by molar-refractivity contribution is 7.10. The Labute approximate surface area is 93.7 Å². The Balaban J connectivity index is 2.73. The van der Waals surface area contributed by atoms with E-state index in [-0.39, 0.29) is 5.91 Å². The molecule has 15 heavy (non-hydrogen) atoms. The maximum absolute atomic E-state index is 11.7. The van der Waals surface area contributed by atoms with Crippen molar-refractivity contribution in [2.45, 2.75) is 26.8 Å². The lowest BCUT2D eigenvalue weighted by Crippen LogP contribution is -2.36. The molecule has 0 aliphatic heterocycles. The molecule has 1 amide bonds. The molecule has 80 valence electrons. The Morgan fingerprint density at radius 1 is 1.60 bits per heavy atom. The summed E-state index contributed by atoms with van der Waals surface area (Å²) in [4.78, 5) is 12.5. The predicted molar refractivity (Wildman–Crippen MR) is 60.3 cm³/mol. The second-order valence-corrected chi connectivity index (χ2v) is 5.28. The number of amides is 1. The van der Waals surface area contributed by atoms with Gasteiger partial charge in [-0.1, -0.05) is 26.8 Å². The summed E-state index contributed by atoms with van der Waals surface area (Å²) in [6, 6.07) is 5.27. The van der Waals surface area contributed by atoms with E-state index in [1.165, 1.54) is 11.3 Å². The summed E-state index contributed by atoms with van der Waals surface area (Å²) >= 11 is 1.47. The Morgan fingerprint density at radius 2 is 2.27 bits per heavy atom. The second kappa shape index (κ2) is 4.45. The molecule has 0 saturated heterocycles. The maximum Gasteiger partial charge on any atom is 0.226 e. The molecule has 0 saturated carbocycles. The van der Waals surface area contributed by atoms with Gasteiger partial charge >= 0.3 is 0 Å². The minimum atomic E-state index is -0.531. The third kappa shape index (κ3) is 3.07. The number of nitrogens with zero attached hydrogens (tertiary/aromatic N) is 1. The van der Waals surface area contributed by atoms with Gasteiger partial charge in [-0.2, -0.15) is 5.26 Å². The van der Waals surface area contributed by atoms with Crippen molar-refractivity contribution in [3.63, 3.8) is 0 Å². The number of hydrogen-bond acceptors (Lipinski definition) is 3. The van der Waals surface area contributed by atoms with Gasteiger partial charge in [0.25, 0.3) is 0 Å². The van der Waals surface area contributed by atoms with Crippen LogP contribution >= 0.6 is 11.3 Å². The van der Waals surface area contributed by atoms with Gasteiger partial charge in [-0.25, -0.2) is 0 Å². The van der Waals surface area contributed by atoms with Crippen LogP contribution in [0.1, 0.15) is 31.7 Å². The summed E-state index contributed by atoms with van der Waals surface area (Å²) in [6.07, 6.45) is 0. The molecule has 0 aliphatic rings. The minimum absolute atomic E-state index is 0.109. The zero-order valence-electron chi connectivity index (χ0n) is 9.07. The first-order chi connectivity index (χ1) is 6.95. The summed E-state index contributed by atoms with van der Waals surface area (Å²) in [7, 11) is 0. The molecule has 1 aromatic rings. The molecule has 0 aromatic carbocycles. The standard InChI is InChI=1S/C11H14N2OS/c1-11(2,3)10(14)13-8(7-12)9-5-4-6-15-9/h4-6,8H,1-3H3,(H,13,14). The van der Waals surface area contributed by atoms with Crippen LogP contribution in [0.25, 0.3) is 0 Å². The minimum Gasteiger partial charge on any atom is -0.336 e. The topological polar surface area (TPSA) is 52.9 Å². The van der Waals surface area contributed by atoms with Crippen LogP contribution in [0.15, 0.2) is 17.5 Å². The summed E-state index contributed by atoms with van der Waals surface area (Å²) in [5.74, 6) is -0.109. The number of nitriles is 1. The first kappa shape index (κ1) is 11.7. The van der Waals surface area contributed by atoms with Crippen molar-refractivity contribution in [1.29, 1.82) is 5.26 Å². The van der Waals surface area contributed by atoms with E-state index in [1.807, 2.05) is 38.3 Å². The van der Waals surface area contributed by atoms with Crippen LogP contribution in [0.4, 0.5) is 0 Å². The maximum atomic E-state index is 11.7. The van der Waals surface area contributed by atoms with Gasteiger partial charge in [0.15, 0.2) is 6.04 Å². The summed E-state index contributed by atoms with van der Waals surface area (Å²) in [6.45, 7) is 5.47. The number of thiophene rings is 1. The van der Waals surface area contributed by atoms with Gasteiger partial charge in [0, 0.05) is 10.3 Å². The Hall–Kier alpha value is -1.34. The molecule has 1 N–H and O–H groups in total. The van der Waals surface area contributed by atoms with E-state index < -0.39 is 11.5 Å². The van der Waals surface area contributed by atoms with Crippen molar-refractivity contribution in [3.8, 4) is 6.07 Å². The van der Waals surface area contributed by atoms with Gasteiger partial charge in [-0.05, 0) is 11.4 Å². The van der Waals surface area contributed by atoms with Crippen LogP contribution in [0.2, 0.25) is 0 Å². The molecule has 0 aliphatic carbocycles. The van der Waals surface area contributed by atoms with E-state index in [4.69, 9.17) is 5.26 Å². The second-order valence-electron chi connectivity index (χ2n) is 4.30. The third-order valence-corrected chi connectivity index (χ3v) is 2.85. The summed E-state index contributed by atoms with van der Waals surface area (Å²) in [5.41, 5.74) is -0.466. The Morgan fingerprint density at radius 3 is 2.67 bits per heavy atom. The highest BCUT2D eigenvalue weighted by Crippen LogP contribution is 2.21. The molecule has 4 heteroatoms. The fourth-order valence-corrected chi connectivity index (χ4v) is 1.69. The Bertz CT molecular complexity index is 370. The van der Waals surface area contributed by atoms with Gasteiger partial charge < -0.3 is 5.32 Å². The highest BCUT2D eigenvalue weighted by atomic mass is 32.1. The largest absolute Gasteiger partial charge is 0.336 e. The van der Waals surface area contributed by atoms with Crippen LogP contribution in [-0.4, -0.2) is 5.91 Å². The first-order valence-electron chi connectivity index (χ1n) is 4.69. The molecule has 1 unspecified atom stereocenters. The van der Waals surface area contributed by atoms with Crippen molar-refractivity contribution >= 4 is 17.2 Å². The predicted octanol–water partition coefficient (Wildman–Crippen LogP) is 2.48. The van der Waals surface area contributed by atoms with Crippen molar-refractivity contribution in [2.75, 3.05) is 0 Å². The molecule has 1 rings (SSSR count). The zero-order chi connectivity index (χ0) is 11.5.